The Morgan fingerprint density at radius 3 is 2.43 bits per heavy atom. The first-order valence-electron chi connectivity index (χ1n) is 6.06. The zero-order chi connectivity index (χ0) is 15.6. The fourth-order valence-electron chi connectivity index (χ4n) is 1.97. The molecule has 0 unspecified atom stereocenters. The summed E-state index contributed by atoms with van der Waals surface area (Å²) in [5, 5.41) is -0.144. The molecule has 0 atom stereocenters. The highest BCUT2D eigenvalue weighted by molar-refractivity contribution is 9.10. The van der Waals surface area contributed by atoms with Gasteiger partial charge in [0, 0.05) is 10.7 Å². The number of hydrazine groups is 1. The predicted molar refractivity (Wildman–Crippen MR) is 86.5 cm³/mol. The molecule has 2 rings (SSSR count). The minimum atomic E-state index is -3.83. The van der Waals surface area contributed by atoms with Gasteiger partial charge in [-0.1, -0.05) is 15.9 Å². The molecule has 1 heterocycles. The number of nitrogens with zero attached hydrogens (tertiary/aromatic N) is 1. The van der Waals surface area contributed by atoms with Crippen molar-refractivity contribution in [1.82, 2.24) is 4.98 Å². The average Bonchev–Trinajstić information content (AvgIpc) is 2.43. The minimum absolute atomic E-state index is 0.144. The fourth-order valence-corrected chi connectivity index (χ4v) is 3.96. The number of aryl methyl sites for hydroxylation is 2. The summed E-state index contributed by atoms with van der Waals surface area (Å²) in [6.45, 7) is 3.66. The van der Waals surface area contributed by atoms with Crippen molar-refractivity contribution in [2.24, 2.45) is 5.84 Å². The van der Waals surface area contributed by atoms with Crippen LogP contribution in [0.25, 0.3) is 0 Å². The number of halogens is 1. The first kappa shape index (κ1) is 15.7. The molecule has 6 nitrogen and oxygen atoms in total. The highest BCUT2D eigenvalue weighted by atomic mass is 79.9. The van der Waals surface area contributed by atoms with E-state index in [1.165, 1.54) is 6.20 Å². The molecule has 0 aliphatic rings. The molecule has 0 aliphatic heterocycles. The first-order chi connectivity index (χ1) is 9.85. The molecule has 0 bridgehead atoms. The number of nitrogens with one attached hydrogen (secondary N) is 2. The maximum Gasteiger partial charge on any atom is 0.281 e. The molecule has 1 aromatic heterocycles. The smallest absolute Gasteiger partial charge is 0.281 e. The molecule has 21 heavy (non-hydrogen) atoms. The Balaban J connectivity index is 2.48. The molecular formula is C13H15BrN4O2S. The summed E-state index contributed by atoms with van der Waals surface area (Å²) in [6.07, 6.45) is 1.40. The maximum atomic E-state index is 12.5. The molecule has 0 saturated heterocycles. The Bertz CT molecular complexity index is 754. The third kappa shape index (κ3) is 3.34. The Morgan fingerprint density at radius 2 is 1.86 bits per heavy atom. The number of rotatable bonds is 4. The van der Waals surface area contributed by atoms with Crippen molar-refractivity contribution < 1.29 is 8.42 Å². The molecule has 0 spiro atoms. The van der Waals surface area contributed by atoms with Gasteiger partial charge in [-0.3, -0.25) is 10.6 Å². The van der Waals surface area contributed by atoms with Gasteiger partial charge in [0.25, 0.3) is 10.0 Å². The Labute approximate surface area is 131 Å². The lowest BCUT2D eigenvalue weighted by Gasteiger charge is -2.15. The second-order valence-corrected chi connectivity index (χ2v) is 7.03. The third-order valence-corrected chi connectivity index (χ3v) is 4.68. The summed E-state index contributed by atoms with van der Waals surface area (Å²) in [7, 11) is -3.83. The van der Waals surface area contributed by atoms with Gasteiger partial charge in [0.2, 0.25) is 5.03 Å². The lowest BCUT2D eigenvalue weighted by molar-refractivity contribution is 0.598. The number of hydrogen-bond acceptors (Lipinski definition) is 5. The van der Waals surface area contributed by atoms with Crippen LogP contribution in [-0.2, 0) is 10.0 Å². The summed E-state index contributed by atoms with van der Waals surface area (Å²) in [5.74, 6) is 5.33. The van der Waals surface area contributed by atoms with E-state index < -0.39 is 10.0 Å². The van der Waals surface area contributed by atoms with E-state index in [1.807, 2.05) is 26.0 Å². The monoisotopic (exact) mass is 370 g/mol. The standard InChI is InChI=1S/C13H15BrN4O2S/c1-8-6-10(14)7-9(2)12(8)18-21(19,20)13-11(17-15)4-3-5-16-13/h3-7,17-18H,15H2,1-2H3. The maximum absolute atomic E-state index is 12.5. The number of benzene rings is 1. The van der Waals surface area contributed by atoms with E-state index in [0.717, 1.165) is 15.6 Å². The third-order valence-electron chi connectivity index (χ3n) is 2.92. The van der Waals surface area contributed by atoms with E-state index in [2.05, 4.69) is 31.1 Å². The van der Waals surface area contributed by atoms with Crippen LogP contribution in [0.1, 0.15) is 11.1 Å². The van der Waals surface area contributed by atoms with Gasteiger partial charge in [-0.25, -0.2) is 4.98 Å². The first-order valence-corrected chi connectivity index (χ1v) is 8.34. The van der Waals surface area contributed by atoms with E-state index in [9.17, 15) is 8.42 Å². The Kier molecular flexibility index (Phi) is 4.50. The average molecular weight is 371 g/mol. The van der Waals surface area contributed by atoms with Crippen LogP contribution in [0.15, 0.2) is 40.0 Å². The van der Waals surface area contributed by atoms with Crippen LogP contribution in [0, 0.1) is 13.8 Å². The minimum Gasteiger partial charge on any atom is -0.321 e. The van der Waals surface area contributed by atoms with Crippen LogP contribution >= 0.6 is 15.9 Å². The quantitative estimate of drug-likeness (QED) is 0.567. The van der Waals surface area contributed by atoms with Crippen molar-refractivity contribution in [1.29, 1.82) is 0 Å². The number of hydrogen-bond donors (Lipinski definition) is 3. The number of aromatic nitrogens is 1. The zero-order valence-electron chi connectivity index (χ0n) is 11.5. The number of sulfonamides is 1. The van der Waals surface area contributed by atoms with E-state index in [0.29, 0.717) is 5.69 Å². The molecule has 0 saturated carbocycles. The lowest BCUT2D eigenvalue weighted by atomic mass is 10.1. The van der Waals surface area contributed by atoms with Crippen molar-refractivity contribution in [3.63, 3.8) is 0 Å². The Morgan fingerprint density at radius 1 is 1.24 bits per heavy atom. The molecule has 4 N–H and O–H groups in total. The normalized spacial score (nSPS) is 11.2. The summed E-state index contributed by atoms with van der Waals surface area (Å²) in [5.41, 5.74) is 4.72. The second-order valence-electron chi connectivity index (χ2n) is 4.52. The van der Waals surface area contributed by atoms with Gasteiger partial charge in [-0.2, -0.15) is 8.42 Å². The zero-order valence-corrected chi connectivity index (χ0v) is 13.9. The number of pyridine rings is 1. The number of anilines is 2. The van der Waals surface area contributed by atoms with Gasteiger partial charge >= 0.3 is 0 Å². The summed E-state index contributed by atoms with van der Waals surface area (Å²) in [4.78, 5) is 3.89. The van der Waals surface area contributed by atoms with Gasteiger partial charge < -0.3 is 5.43 Å². The lowest BCUT2D eigenvalue weighted by Crippen LogP contribution is -2.19. The SMILES string of the molecule is Cc1cc(Br)cc(C)c1NS(=O)(=O)c1ncccc1NN. The van der Waals surface area contributed by atoms with Crippen molar-refractivity contribution in [3.05, 3.63) is 46.1 Å². The molecule has 0 fully saturated rings. The van der Waals surface area contributed by atoms with Gasteiger partial charge in [0.1, 0.15) is 0 Å². The highest BCUT2D eigenvalue weighted by Crippen LogP contribution is 2.28. The number of nitrogen functional groups attached to an aromatic ring is 1. The van der Waals surface area contributed by atoms with Crippen LogP contribution in [0.2, 0.25) is 0 Å². The van der Waals surface area contributed by atoms with Crippen molar-refractivity contribution in [2.45, 2.75) is 18.9 Å². The molecule has 8 heteroatoms. The van der Waals surface area contributed by atoms with Gasteiger partial charge in [0.05, 0.1) is 11.4 Å². The molecule has 0 aliphatic carbocycles. The van der Waals surface area contributed by atoms with Gasteiger partial charge in [-0.15, -0.1) is 0 Å². The molecule has 112 valence electrons. The topological polar surface area (TPSA) is 97.1 Å². The Hall–Kier alpha value is -1.64. The van der Waals surface area contributed by atoms with E-state index in [1.54, 1.807) is 12.1 Å². The van der Waals surface area contributed by atoms with E-state index in [-0.39, 0.29) is 10.7 Å². The van der Waals surface area contributed by atoms with Crippen LogP contribution < -0.4 is 16.0 Å². The highest BCUT2D eigenvalue weighted by Gasteiger charge is 2.21. The van der Waals surface area contributed by atoms with Crippen LogP contribution in [0.5, 0.6) is 0 Å². The van der Waals surface area contributed by atoms with Crippen LogP contribution in [-0.4, -0.2) is 13.4 Å². The largest absolute Gasteiger partial charge is 0.321 e. The predicted octanol–water partition coefficient (Wildman–Crippen LogP) is 2.55. The van der Waals surface area contributed by atoms with Crippen molar-refractivity contribution in [3.8, 4) is 0 Å². The molecule has 2 aromatic rings. The van der Waals surface area contributed by atoms with Crippen LogP contribution in [0.4, 0.5) is 11.4 Å². The summed E-state index contributed by atoms with van der Waals surface area (Å²) < 4.78 is 28.4. The summed E-state index contributed by atoms with van der Waals surface area (Å²) in [6, 6.07) is 6.82. The van der Waals surface area contributed by atoms with Gasteiger partial charge in [0.15, 0.2) is 0 Å². The van der Waals surface area contributed by atoms with Crippen LogP contribution in [0.3, 0.4) is 0 Å². The van der Waals surface area contributed by atoms with Crippen molar-refractivity contribution >= 4 is 37.3 Å². The van der Waals surface area contributed by atoms with Gasteiger partial charge in [-0.05, 0) is 49.2 Å². The molecule has 0 amide bonds. The number of nitrogens with two attached hydrogens (primary N) is 1. The van der Waals surface area contributed by atoms with E-state index in [4.69, 9.17) is 5.84 Å². The fraction of sp³-hybridized carbons (Fsp3) is 0.154. The second kappa shape index (κ2) is 6.00. The summed E-state index contributed by atoms with van der Waals surface area (Å²) >= 11 is 3.38. The molecular weight excluding hydrogens is 356 g/mol. The van der Waals surface area contributed by atoms with E-state index >= 15 is 0 Å². The van der Waals surface area contributed by atoms with Crippen molar-refractivity contribution in [2.75, 3.05) is 10.1 Å². The molecule has 1 aromatic carbocycles. The molecule has 0 radical (unpaired) electrons.